The molecule has 15 heavy (non-hydrogen) atoms. The van der Waals surface area contributed by atoms with Crippen molar-refractivity contribution in [2.24, 2.45) is 11.1 Å². The molecule has 0 aliphatic rings. The standard InChI is InChI=1S/C10H18N4O/c1-10(2,3)8(11)9(15)14-6-7-12-4-5-13-7/h4-5,8H,6,11H2,1-3H3,(H,12,13)(H,14,15). The third kappa shape index (κ3) is 3.36. The van der Waals surface area contributed by atoms with Gasteiger partial charge in [-0.3, -0.25) is 4.79 Å². The first-order valence-corrected chi connectivity index (χ1v) is 4.93. The molecule has 4 N–H and O–H groups in total. The Bertz CT molecular complexity index is 313. The molecule has 1 amide bonds. The van der Waals surface area contributed by atoms with Crippen molar-refractivity contribution in [2.45, 2.75) is 33.4 Å². The molecule has 0 aliphatic heterocycles. The number of nitrogens with two attached hydrogens (primary N) is 1. The van der Waals surface area contributed by atoms with Crippen LogP contribution in [0.25, 0.3) is 0 Å². The second kappa shape index (κ2) is 4.44. The molecule has 0 fully saturated rings. The zero-order valence-corrected chi connectivity index (χ0v) is 9.37. The van der Waals surface area contributed by atoms with E-state index in [4.69, 9.17) is 5.73 Å². The van der Waals surface area contributed by atoms with Crippen molar-refractivity contribution < 1.29 is 4.79 Å². The largest absolute Gasteiger partial charge is 0.348 e. The van der Waals surface area contributed by atoms with Crippen molar-refractivity contribution in [2.75, 3.05) is 0 Å². The summed E-state index contributed by atoms with van der Waals surface area (Å²) in [5.74, 6) is 0.573. The monoisotopic (exact) mass is 210 g/mol. The van der Waals surface area contributed by atoms with Crippen LogP contribution in [0.1, 0.15) is 26.6 Å². The summed E-state index contributed by atoms with van der Waals surface area (Å²) in [5.41, 5.74) is 5.56. The van der Waals surface area contributed by atoms with Crippen molar-refractivity contribution in [3.8, 4) is 0 Å². The Labute approximate surface area is 89.5 Å². The number of amides is 1. The summed E-state index contributed by atoms with van der Waals surface area (Å²) >= 11 is 0. The molecule has 1 rings (SSSR count). The first-order valence-electron chi connectivity index (χ1n) is 4.93. The molecule has 0 aliphatic carbocycles. The summed E-state index contributed by atoms with van der Waals surface area (Å²) in [6.45, 7) is 6.19. The lowest BCUT2D eigenvalue weighted by Crippen LogP contribution is -2.48. The molecule has 0 spiro atoms. The highest BCUT2D eigenvalue weighted by Gasteiger charge is 2.27. The lowest BCUT2D eigenvalue weighted by molar-refractivity contribution is -0.124. The summed E-state index contributed by atoms with van der Waals surface area (Å²) in [6.07, 6.45) is 3.36. The fourth-order valence-corrected chi connectivity index (χ4v) is 1.07. The first kappa shape index (κ1) is 11.7. The van der Waals surface area contributed by atoms with Gasteiger partial charge < -0.3 is 16.0 Å². The average Bonchev–Trinajstić information content (AvgIpc) is 2.63. The molecule has 5 nitrogen and oxygen atoms in total. The van der Waals surface area contributed by atoms with Crippen LogP contribution in [0.3, 0.4) is 0 Å². The van der Waals surface area contributed by atoms with E-state index in [9.17, 15) is 4.79 Å². The lowest BCUT2D eigenvalue weighted by atomic mass is 9.87. The molecule has 1 heterocycles. The maximum Gasteiger partial charge on any atom is 0.237 e. The van der Waals surface area contributed by atoms with Gasteiger partial charge in [-0.2, -0.15) is 0 Å². The van der Waals surface area contributed by atoms with Gasteiger partial charge in [-0.05, 0) is 5.41 Å². The zero-order valence-electron chi connectivity index (χ0n) is 9.37. The minimum absolute atomic E-state index is 0.154. The van der Waals surface area contributed by atoms with Gasteiger partial charge in [0.2, 0.25) is 5.91 Å². The number of carbonyl (C=O) groups excluding carboxylic acids is 1. The van der Waals surface area contributed by atoms with Crippen LogP contribution in [0.15, 0.2) is 12.4 Å². The zero-order chi connectivity index (χ0) is 11.5. The quantitative estimate of drug-likeness (QED) is 0.675. The summed E-state index contributed by atoms with van der Waals surface area (Å²) in [6, 6.07) is -0.507. The number of aromatic amines is 1. The van der Waals surface area contributed by atoms with Crippen LogP contribution >= 0.6 is 0 Å². The topological polar surface area (TPSA) is 83.8 Å². The van der Waals surface area contributed by atoms with Crippen LogP contribution in [0, 0.1) is 5.41 Å². The SMILES string of the molecule is CC(C)(C)C(N)C(=O)NCc1ncc[nH]1. The maximum absolute atomic E-state index is 11.6. The highest BCUT2D eigenvalue weighted by Crippen LogP contribution is 2.17. The number of hydrogen-bond acceptors (Lipinski definition) is 3. The van der Waals surface area contributed by atoms with Gasteiger partial charge in [0.15, 0.2) is 0 Å². The Hall–Kier alpha value is -1.36. The van der Waals surface area contributed by atoms with E-state index in [1.54, 1.807) is 12.4 Å². The van der Waals surface area contributed by atoms with Crippen molar-refractivity contribution in [1.29, 1.82) is 0 Å². The van der Waals surface area contributed by atoms with Gasteiger partial charge in [0.05, 0.1) is 12.6 Å². The van der Waals surface area contributed by atoms with E-state index in [0.29, 0.717) is 6.54 Å². The lowest BCUT2D eigenvalue weighted by Gasteiger charge is -2.25. The van der Waals surface area contributed by atoms with Gasteiger partial charge in [-0.15, -0.1) is 0 Å². The molecule has 0 radical (unpaired) electrons. The second-order valence-electron chi connectivity index (χ2n) is 4.60. The number of hydrogen-bond donors (Lipinski definition) is 3. The Kier molecular flexibility index (Phi) is 3.47. The van der Waals surface area contributed by atoms with Crippen molar-refractivity contribution in [3.05, 3.63) is 18.2 Å². The number of nitrogens with one attached hydrogen (secondary N) is 2. The van der Waals surface area contributed by atoms with E-state index in [1.165, 1.54) is 0 Å². The fraction of sp³-hybridized carbons (Fsp3) is 0.600. The van der Waals surface area contributed by atoms with Crippen LogP contribution in [0.5, 0.6) is 0 Å². The maximum atomic E-state index is 11.6. The molecule has 5 heteroatoms. The third-order valence-corrected chi connectivity index (χ3v) is 2.20. The smallest absolute Gasteiger partial charge is 0.237 e. The molecular weight excluding hydrogens is 192 g/mol. The fourth-order valence-electron chi connectivity index (χ4n) is 1.07. The molecule has 1 aromatic rings. The van der Waals surface area contributed by atoms with E-state index in [1.807, 2.05) is 20.8 Å². The van der Waals surface area contributed by atoms with Crippen LogP contribution in [0.4, 0.5) is 0 Å². The Morgan fingerprint density at radius 2 is 2.33 bits per heavy atom. The van der Waals surface area contributed by atoms with E-state index in [2.05, 4.69) is 15.3 Å². The van der Waals surface area contributed by atoms with Crippen molar-refractivity contribution in [3.63, 3.8) is 0 Å². The van der Waals surface area contributed by atoms with E-state index >= 15 is 0 Å². The molecule has 0 saturated carbocycles. The number of carbonyl (C=O) groups is 1. The van der Waals surface area contributed by atoms with Crippen LogP contribution < -0.4 is 11.1 Å². The van der Waals surface area contributed by atoms with E-state index in [0.717, 1.165) is 5.82 Å². The molecule has 0 saturated heterocycles. The number of H-pyrrole nitrogens is 1. The number of imidazole rings is 1. The van der Waals surface area contributed by atoms with Crippen molar-refractivity contribution in [1.82, 2.24) is 15.3 Å². The van der Waals surface area contributed by atoms with Gasteiger partial charge in [-0.1, -0.05) is 20.8 Å². The Morgan fingerprint density at radius 1 is 1.67 bits per heavy atom. The minimum Gasteiger partial charge on any atom is -0.348 e. The molecule has 1 aromatic heterocycles. The highest BCUT2D eigenvalue weighted by molar-refractivity contribution is 5.82. The highest BCUT2D eigenvalue weighted by atomic mass is 16.2. The van der Waals surface area contributed by atoms with E-state index in [-0.39, 0.29) is 11.3 Å². The molecule has 1 unspecified atom stereocenters. The van der Waals surface area contributed by atoms with Crippen molar-refractivity contribution >= 4 is 5.91 Å². The van der Waals surface area contributed by atoms with Gasteiger partial charge in [0.25, 0.3) is 0 Å². The predicted octanol–water partition coefficient (Wildman–Crippen LogP) is 0.399. The van der Waals surface area contributed by atoms with Gasteiger partial charge in [0, 0.05) is 12.4 Å². The molecule has 1 atom stereocenters. The summed E-state index contributed by atoms with van der Waals surface area (Å²) in [5, 5.41) is 2.73. The Balaban J connectivity index is 2.43. The predicted molar refractivity (Wildman–Crippen MR) is 57.9 cm³/mol. The normalized spacial score (nSPS) is 13.6. The van der Waals surface area contributed by atoms with Crippen LogP contribution in [0.2, 0.25) is 0 Å². The summed E-state index contributed by atoms with van der Waals surface area (Å²) < 4.78 is 0. The van der Waals surface area contributed by atoms with Crippen LogP contribution in [-0.4, -0.2) is 21.9 Å². The number of rotatable bonds is 3. The first-order chi connectivity index (χ1) is 6.91. The molecule has 84 valence electrons. The minimum atomic E-state index is -0.507. The second-order valence-corrected chi connectivity index (χ2v) is 4.60. The molecule has 0 aromatic carbocycles. The van der Waals surface area contributed by atoms with Gasteiger partial charge in [0.1, 0.15) is 5.82 Å². The van der Waals surface area contributed by atoms with Gasteiger partial charge >= 0.3 is 0 Å². The summed E-state index contributed by atoms with van der Waals surface area (Å²) in [4.78, 5) is 18.5. The third-order valence-electron chi connectivity index (χ3n) is 2.20. The van der Waals surface area contributed by atoms with E-state index < -0.39 is 6.04 Å². The Morgan fingerprint density at radius 3 is 2.80 bits per heavy atom. The number of aromatic nitrogens is 2. The van der Waals surface area contributed by atoms with Crippen LogP contribution in [-0.2, 0) is 11.3 Å². The van der Waals surface area contributed by atoms with Gasteiger partial charge in [-0.25, -0.2) is 4.98 Å². The molecular formula is C10H18N4O. The average molecular weight is 210 g/mol. The summed E-state index contributed by atoms with van der Waals surface area (Å²) in [7, 11) is 0. The molecule has 0 bridgehead atoms. The number of nitrogens with zero attached hydrogens (tertiary/aromatic N) is 1.